The van der Waals surface area contributed by atoms with E-state index < -0.39 is 0 Å². The van der Waals surface area contributed by atoms with Crippen LogP contribution in [0.2, 0.25) is 0 Å². The minimum atomic E-state index is 0.856. The summed E-state index contributed by atoms with van der Waals surface area (Å²) in [4.78, 5) is 0. The van der Waals surface area contributed by atoms with Gasteiger partial charge in [0.1, 0.15) is 0 Å². The van der Waals surface area contributed by atoms with E-state index in [4.69, 9.17) is 5.73 Å². The van der Waals surface area contributed by atoms with Crippen molar-refractivity contribution in [3.63, 3.8) is 0 Å². The molecule has 0 amide bonds. The van der Waals surface area contributed by atoms with Gasteiger partial charge in [-0.3, -0.25) is 0 Å². The molecule has 120 valence electrons. The molecule has 0 aliphatic rings. The Morgan fingerprint density at radius 3 is 1.40 bits per heavy atom. The molecule has 0 aromatic rings. The first-order chi connectivity index (χ1) is 9.91. The summed E-state index contributed by atoms with van der Waals surface area (Å²) >= 11 is 0. The molecule has 1 heteroatoms. The van der Waals surface area contributed by atoms with Gasteiger partial charge in [-0.1, -0.05) is 83.3 Å². The first-order valence-corrected chi connectivity index (χ1v) is 9.27. The highest BCUT2D eigenvalue weighted by molar-refractivity contribution is 4.81. The summed E-state index contributed by atoms with van der Waals surface area (Å²) in [6.07, 6.45) is 25.4. The van der Waals surface area contributed by atoms with Gasteiger partial charge in [0.25, 0.3) is 0 Å². The SMILES string of the molecule is CCCCCCCCCCC/C=C\CCCCCCN. The summed E-state index contributed by atoms with van der Waals surface area (Å²) in [5.41, 5.74) is 5.48. The Balaban J connectivity index is 3.01. The Morgan fingerprint density at radius 2 is 0.950 bits per heavy atom. The molecule has 0 fully saturated rings. The molecule has 0 spiro atoms. The van der Waals surface area contributed by atoms with E-state index >= 15 is 0 Å². The van der Waals surface area contributed by atoms with Gasteiger partial charge in [0.15, 0.2) is 0 Å². The molecular formula is C19H39N. The largest absolute Gasteiger partial charge is 0.330 e. The van der Waals surface area contributed by atoms with E-state index in [-0.39, 0.29) is 0 Å². The summed E-state index contributed by atoms with van der Waals surface area (Å²) in [6, 6.07) is 0. The van der Waals surface area contributed by atoms with Crippen LogP contribution in [0, 0.1) is 0 Å². The third-order valence-electron chi connectivity index (χ3n) is 3.97. The molecule has 0 bridgehead atoms. The number of unbranched alkanes of at least 4 members (excludes halogenated alkanes) is 13. The second-order valence-electron chi connectivity index (χ2n) is 6.08. The first kappa shape index (κ1) is 19.7. The highest BCUT2D eigenvalue weighted by Gasteiger charge is 1.91. The lowest BCUT2D eigenvalue weighted by molar-refractivity contribution is 0.566. The van der Waals surface area contributed by atoms with Crippen LogP contribution in [-0.4, -0.2) is 6.54 Å². The zero-order valence-electron chi connectivity index (χ0n) is 14.0. The van der Waals surface area contributed by atoms with Crippen molar-refractivity contribution in [3.8, 4) is 0 Å². The van der Waals surface area contributed by atoms with Crippen LogP contribution in [0.15, 0.2) is 12.2 Å². The van der Waals surface area contributed by atoms with Crippen molar-refractivity contribution in [1.29, 1.82) is 0 Å². The molecule has 0 aromatic carbocycles. The van der Waals surface area contributed by atoms with Crippen molar-refractivity contribution in [3.05, 3.63) is 12.2 Å². The van der Waals surface area contributed by atoms with Gasteiger partial charge in [0.2, 0.25) is 0 Å². The van der Waals surface area contributed by atoms with Gasteiger partial charge in [-0.15, -0.1) is 0 Å². The van der Waals surface area contributed by atoms with Crippen LogP contribution in [0.5, 0.6) is 0 Å². The smallest absolute Gasteiger partial charge is 0.00773 e. The molecule has 0 radical (unpaired) electrons. The number of rotatable bonds is 16. The third-order valence-corrected chi connectivity index (χ3v) is 3.97. The normalized spacial score (nSPS) is 11.5. The van der Waals surface area contributed by atoms with Crippen LogP contribution in [0.3, 0.4) is 0 Å². The van der Waals surface area contributed by atoms with Gasteiger partial charge in [0, 0.05) is 0 Å². The van der Waals surface area contributed by atoms with Crippen LogP contribution in [-0.2, 0) is 0 Å². The van der Waals surface area contributed by atoms with E-state index in [1.165, 1.54) is 96.3 Å². The molecule has 0 aliphatic heterocycles. The van der Waals surface area contributed by atoms with Crippen molar-refractivity contribution in [1.82, 2.24) is 0 Å². The fourth-order valence-corrected chi connectivity index (χ4v) is 2.57. The fourth-order valence-electron chi connectivity index (χ4n) is 2.57. The predicted molar refractivity (Wildman–Crippen MR) is 93.1 cm³/mol. The summed E-state index contributed by atoms with van der Waals surface area (Å²) in [5, 5.41) is 0. The van der Waals surface area contributed by atoms with E-state index in [9.17, 15) is 0 Å². The Labute approximate surface area is 128 Å². The molecule has 1 nitrogen and oxygen atoms in total. The molecule has 0 aromatic heterocycles. The number of nitrogens with two attached hydrogens (primary N) is 1. The maximum Gasteiger partial charge on any atom is -0.00773 e. The average Bonchev–Trinajstić information content (AvgIpc) is 2.47. The molecule has 20 heavy (non-hydrogen) atoms. The Kier molecular flexibility index (Phi) is 18.4. The zero-order chi connectivity index (χ0) is 14.7. The monoisotopic (exact) mass is 281 g/mol. The Bertz CT molecular complexity index is 186. The van der Waals surface area contributed by atoms with Crippen molar-refractivity contribution >= 4 is 0 Å². The van der Waals surface area contributed by atoms with E-state index in [0.717, 1.165) is 6.54 Å². The van der Waals surface area contributed by atoms with Crippen LogP contribution in [0.25, 0.3) is 0 Å². The molecule has 0 saturated heterocycles. The minimum Gasteiger partial charge on any atom is -0.330 e. The fraction of sp³-hybridized carbons (Fsp3) is 0.895. The van der Waals surface area contributed by atoms with Gasteiger partial charge in [-0.25, -0.2) is 0 Å². The standard InChI is InChI=1S/C19H39N/c1-2-3-4-5-6-7-8-9-10-11-12-13-14-15-16-17-18-19-20/h12-13H,2-11,14-20H2,1H3/b13-12-. The van der Waals surface area contributed by atoms with Gasteiger partial charge in [-0.05, 0) is 38.6 Å². The Hall–Kier alpha value is -0.300. The molecule has 2 N–H and O–H groups in total. The second kappa shape index (κ2) is 18.7. The summed E-state index contributed by atoms with van der Waals surface area (Å²) in [5.74, 6) is 0. The third kappa shape index (κ3) is 17.7. The van der Waals surface area contributed by atoms with Crippen molar-refractivity contribution < 1.29 is 0 Å². The summed E-state index contributed by atoms with van der Waals surface area (Å²) in [6.45, 7) is 3.14. The number of hydrogen-bond acceptors (Lipinski definition) is 1. The second-order valence-corrected chi connectivity index (χ2v) is 6.08. The van der Waals surface area contributed by atoms with Crippen LogP contribution in [0.4, 0.5) is 0 Å². The quantitative estimate of drug-likeness (QED) is 0.258. The molecule has 0 saturated carbocycles. The van der Waals surface area contributed by atoms with E-state index in [1.807, 2.05) is 0 Å². The van der Waals surface area contributed by atoms with Gasteiger partial charge < -0.3 is 5.73 Å². The summed E-state index contributed by atoms with van der Waals surface area (Å²) < 4.78 is 0. The number of hydrogen-bond donors (Lipinski definition) is 1. The van der Waals surface area contributed by atoms with Crippen molar-refractivity contribution in [2.24, 2.45) is 5.73 Å². The minimum absolute atomic E-state index is 0.856. The maximum atomic E-state index is 5.48. The van der Waals surface area contributed by atoms with E-state index in [2.05, 4.69) is 19.1 Å². The lowest BCUT2D eigenvalue weighted by Gasteiger charge is -2.00. The van der Waals surface area contributed by atoms with Crippen LogP contribution < -0.4 is 5.73 Å². The lowest BCUT2D eigenvalue weighted by Crippen LogP contribution is -1.97. The van der Waals surface area contributed by atoms with Crippen LogP contribution >= 0.6 is 0 Å². The van der Waals surface area contributed by atoms with Gasteiger partial charge >= 0.3 is 0 Å². The Morgan fingerprint density at radius 1 is 0.550 bits per heavy atom. The molecule has 0 aliphatic carbocycles. The topological polar surface area (TPSA) is 26.0 Å². The highest BCUT2D eigenvalue weighted by Crippen LogP contribution is 2.11. The van der Waals surface area contributed by atoms with E-state index in [1.54, 1.807) is 0 Å². The molecule has 0 rings (SSSR count). The predicted octanol–water partition coefficient (Wildman–Crippen LogP) is 6.37. The summed E-state index contributed by atoms with van der Waals surface area (Å²) in [7, 11) is 0. The average molecular weight is 282 g/mol. The highest BCUT2D eigenvalue weighted by atomic mass is 14.5. The first-order valence-electron chi connectivity index (χ1n) is 9.27. The molecular weight excluding hydrogens is 242 g/mol. The molecule has 0 atom stereocenters. The van der Waals surface area contributed by atoms with Gasteiger partial charge in [-0.2, -0.15) is 0 Å². The maximum absolute atomic E-state index is 5.48. The van der Waals surface area contributed by atoms with Crippen LogP contribution in [0.1, 0.15) is 103 Å². The zero-order valence-corrected chi connectivity index (χ0v) is 14.0. The van der Waals surface area contributed by atoms with E-state index in [0.29, 0.717) is 0 Å². The van der Waals surface area contributed by atoms with Crippen molar-refractivity contribution in [2.45, 2.75) is 103 Å². The van der Waals surface area contributed by atoms with Crippen molar-refractivity contribution in [2.75, 3.05) is 6.54 Å². The van der Waals surface area contributed by atoms with Gasteiger partial charge in [0.05, 0.1) is 0 Å². The number of allylic oxidation sites excluding steroid dienone is 2. The lowest BCUT2D eigenvalue weighted by atomic mass is 10.1. The molecule has 0 unspecified atom stereocenters. The molecule has 0 heterocycles.